The van der Waals surface area contributed by atoms with Crippen molar-refractivity contribution in [3.05, 3.63) is 53.9 Å². The van der Waals surface area contributed by atoms with Gasteiger partial charge in [0.2, 0.25) is 21.8 Å². The first-order chi connectivity index (χ1) is 15.6. The first-order valence-corrected chi connectivity index (χ1v) is 11.9. The van der Waals surface area contributed by atoms with Crippen LogP contribution in [0.15, 0.2) is 47.4 Å². The fourth-order valence-corrected chi connectivity index (χ4v) is 5.49. The van der Waals surface area contributed by atoms with E-state index in [9.17, 15) is 26.4 Å². The van der Waals surface area contributed by atoms with Crippen molar-refractivity contribution in [1.82, 2.24) is 13.9 Å². The van der Waals surface area contributed by atoms with Crippen LogP contribution in [0.25, 0.3) is 11.0 Å². The van der Waals surface area contributed by atoms with Gasteiger partial charge in [0.15, 0.2) is 0 Å². The molecule has 1 aliphatic rings. The number of anilines is 1. The van der Waals surface area contributed by atoms with Crippen molar-refractivity contribution in [3.8, 4) is 0 Å². The van der Waals surface area contributed by atoms with Crippen LogP contribution in [0, 0.1) is 6.92 Å². The fraction of sp³-hybridized carbons (Fsp3) is 0.364. The van der Waals surface area contributed by atoms with Gasteiger partial charge in [0.1, 0.15) is 0 Å². The molecule has 33 heavy (non-hydrogen) atoms. The average molecular weight is 481 g/mol. The molecule has 2 heterocycles. The maximum atomic E-state index is 13.7. The Morgan fingerprint density at radius 1 is 1.12 bits per heavy atom. The van der Waals surface area contributed by atoms with E-state index in [1.165, 1.54) is 22.5 Å². The lowest BCUT2D eigenvalue weighted by atomic mass is 10.2. The molecule has 1 saturated heterocycles. The second-order valence-electron chi connectivity index (χ2n) is 8.01. The van der Waals surface area contributed by atoms with Gasteiger partial charge in [0, 0.05) is 31.7 Å². The van der Waals surface area contributed by atoms with Crippen molar-refractivity contribution >= 4 is 32.7 Å². The van der Waals surface area contributed by atoms with E-state index >= 15 is 0 Å². The van der Waals surface area contributed by atoms with Gasteiger partial charge >= 0.3 is 6.18 Å². The number of amides is 1. The van der Waals surface area contributed by atoms with Gasteiger partial charge in [0.25, 0.3) is 0 Å². The summed E-state index contributed by atoms with van der Waals surface area (Å²) < 4.78 is 68.8. The maximum Gasteiger partial charge on any atom is 0.449 e. The summed E-state index contributed by atoms with van der Waals surface area (Å²) in [6.07, 6.45) is -3.48. The third-order valence-corrected chi connectivity index (χ3v) is 7.43. The second-order valence-corrected chi connectivity index (χ2v) is 9.95. The SMILES string of the molecule is Cc1cccc(NC(=O)CCn2c(C(F)(F)F)nc3cc(S(=O)(=O)N4CCCC4)ccc32)c1. The Bertz CT molecular complexity index is 1300. The molecule has 0 atom stereocenters. The monoisotopic (exact) mass is 480 g/mol. The highest BCUT2D eigenvalue weighted by Crippen LogP contribution is 2.33. The molecule has 0 spiro atoms. The van der Waals surface area contributed by atoms with Gasteiger partial charge in [-0.1, -0.05) is 12.1 Å². The molecular weight excluding hydrogens is 457 g/mol. The number of rotatable bonds is 6. The number of aryl methyl sites for hydroxylation is 2. The molecule has 176 valence electrons. The molecule has 0 unspecified atom stereocenters. The van der Waals surface area contributed by atoms with Crippen molar-refractivity contribution in [3.63, 3.8) is 0 Å². The summed E-state index contributed by atoms with van der Waals surface area (Å²) in [7, 11) is -3.79. The van der Waals surface area contributed by atoms with E-state index < -0.39 is 27.9 Å². The highest BCUT2D eigenvalue weighted by Gasteiger charge is 2.38. The van der Waals surface area contributed by atoms with Crippen molar-refractivity contribution < 1.29 is 26.4 Å². The van der Waals surface area contributed by atoms with Gasteiger partial charge in [-0.2, -0.15) is 17.5 Å². The molecule has 1 N–H and O–H groups in total. The van der Waals surface area contributed by atoms with Gasteiger partial charge in [0.05, 0.1) is 15.9 Å². The standard InChI is InChI=1S/C22H23F3N4O3S/c1-15-5-4-6-16(13-15)26-20(30)9-12-29-19-8-7-17(33(31,32)28-10-2-3-11-28)14-18(19)27-21(29)22(23,24)25/h4-8,13-14H,2-3,9-12H2,1H3,(H,26,30). The number of nitrogens with zero attached hydrogens (tertiary/aromatic N) is 3. The number of imidazole rings is 1. The van der Waals surface area contributed by atoms with Gasteiger partial charge in [-0.15, -0.1) is 0 Å². The smallest absolute Gasteiger partial charge is 0.326 e. The zero-order chi connectivity index (χ0) is 23.8. The van der Waals surface area contributed by atoms with Crippen LogP contribution in [0.2, 0.25) is 0 Å². The number of carbonyl (C=O) groups is 1. The highest BCUT2D eigenvalue weighted by atomic mass is 32.2. The maximum absolute atomic E-state index is 13.7. The zero-order valence-corrected chi connectivity index (χ0v) is 18.7. The average Bonchev–Trinajstić information content (AvgIpc) is 3.40. The number of carbonyl (C=O) groups excluding carboxylic acids is 1. The Balaban J connectivity index is 1.61. The Kier molecular flexibility index (Phi) is 6.19. The minimum Gasteiger partial charge on any atom is -0.326 e. The van der Waals surface area contributed by atoms with Crippen molar-refractivity contribution in [1.29, 1.82) is 0 Å². The largest absolute Gasteiger partial charge is 0.449 e. The highest BCUT2D eigenvalue weighted by molar-refractivity contribution is 7.89. The molecule has 1 aromatic heterocycles. The summed E-state index contributed by atoms with van der Waals surface area (Å²) in [6, 6.07) is 10.9. The molecule has 0 radical (unpaired) electrons. The molecule has 0 bridgehead atoms. The number of halogens is 3. The van der Waals surface area contributed by atoms with E-state index in [0.717, 1.165) is 23.0 Å². The molecule has 1 aliphatic heterocycles. The Morgan fingerprint density at radius 3 is 2.52 bits per heavy atom. The number of benzene rings is 2. The fourth-order valence-electron chi connectivity index (χ4n) is 3.95. The quantitative estimate of drug-likeness (QED) is 0.574. The predicted molar refractivity (Wildman–Crippen MR) is 117 cm³/mol. The summed E-state index contributed by atoms with van der Waals surface area (Å²) in [5.41, 5.74) is 1.53. The normalized spacial score (nSPS) is 15.3. The Hall–Kier alpha value is -2.92. The third-order valence-electron chi connectivity index (χ3n) is 5.54. The van der Waals surface area contributed by atoms with E-state index in [-0.39, 0.29) is 28.9 Å². The molecule has 11 heteroatoms. The number of sulfonamides is 1. The van der Waals surface area contributed by atoms with Crippen LogP contribution in [0.5, 0.6) is 0 Å². The van der Waals surface area contributed by atoms with Crippen LogP contribution in [0.3, 0.4) is 0 Å². The first kappa shape index (κ1) is 23.2. The van der Waals surface area contributed by atoms with Crippen LogP contribution < -0.4 is 5.32 Å². The van der Waals surface area contributed by atoms with E-state index in [1.807, 2.05) is 13.0 Å². The molecule has 0 saturated carbocycles. The van der Waals surface area contributed by atoms with Crippen molar-refractivity contribution in [2.24, 2.45) is 0 Å². The lowest BCUT2D eigenvalue weighted by molar-refractivity contribution is -0.147. The van der Waals surface area contributed by atoms with Gasteiger partial charge < -0.3 is 9.88 Å². The van der Waals surface area contributed by atoms with Crippen molar-refractivity contribution in [2.45, 2.75) is 43.8 Å². The number of hydrogen-bond acceptors (Lipinski definition) is 4. The first-order valence-electron chi connectivity index (χ1n) is 10.5. The summed E-state index contributed by atoms with van der Waals surface area (Å²) in [5, 5.41) is 2.67. The van der Waals surface area contributed by atoms with Gasteiger partial charge in [-0.25, -0.2) is 13.4 Å². The molecule has 7 nitrogen and oxygen atoms in total. The molecule has 0 aliphatic carbocycles. The summed E-state index contributed by atoms with van der Waals surface area (Å²) >= 11 is 0. The molecule has 1 fully saturated rings. The number of alkyl halides is 3. The summed E-state index contributed by atoms with van der Waals surface area (Å²) in [4.78, 5) is 15.9. The molecule has 4 rings (SSSR count). The molecule has 1 amide bonds. The molecule has 3 aromatic rings. The van der Waals surface area contributed by atoms with Crippen LogP contribution in [-0.2, 0) is 27.5 Å². The number of hydrogen-bond donors (Lipinski definition) is 1. The van der Waals surface area contributed by atoms with Crippen molar-refractivity contribution in [2.75, 3.05) is 18.4 Å². The summed E-state index contributed by atoms with van der Waals surface area (Å²) in [5.74, 6) is -1.61. The minimum absolute atomic E-state index is 0.0818. The van der Waals surface area contributed by atoms with Crippen LogP contribution >= 0.6 is 0 Å². The predicted octanol–water partition coefficient (Wildman–Crippen LogP) is 4.18. The number of fused-ring (bicyclic) bond motifs is 1. The number of aromatic nitrogens is 2. The van der Waals surface area contributed by atoms with Gasteiger partial charge in [-0.05, 0) is 55.7 Å². The Labute approximate surface area is 189 Å². The summed E-state index contributed by atoms with van der Waals surface area (Å²) in [6.45, 7) is 2.37. The van der Waals surface area contributed by atoms with Crippen LogP contribution in [-0.4, -0.2) is 41.3 Å². The molecular formula is C22H23F3N4O3S. The number of nitrogens with one attached hydrogen (secondary N) is 1. The molecule has 2 aromatic carbocycles. The van der Waals surface area contributed by atoms with E-state index in [1.54, 1.807) is 18.2 Å². The topological polar surface area (TPSA) is 84.3 Å². The van der Waals surface area contributed by atoms with Gasteiger partial charge in [-0.3, -0.25) is 4.79 Å². The second kappa shape index (κ2) is 8.79. The lowest BCUT2D eigenvalue weighted by Gasteiger charge is -2.15. The van der Waals surface area contributed by atoms with E-state index in [4.69, 9.17) is 0 Å². The van der Waals surface area contributed by atoms with E-state index in [2.05, 4.69) is 10.3 Å². The van der Waals surface area contributed by atoms with Crippen LogP contribution in [0.1, 0.15) is 30.7 Å². The Morgan fingerprint density at radius 2 is 1.85 bits per heavy atom. The zero-order valence-electron chi connectivity index (χ0n) is 17.9. The lowest BCUT2D eigenvalue weighted by Crippen LogP contribution is -2.27. The van der Waals surface area contributed by atoms with Crippen LogP contribution in [0.4, 0.5) is 18.9 Å². The third kappa shape index (κ3) is 4.88. The minimum atomic E-state index is -4.76. The van der Waals surface area contributed by atoms with E-state index in [0.29, 0.717) is 18.8 Å².